The molecule has 2 unspecified atom stereocenters. The summed E-state index contributed by atoms with van der Waals surface area (Å²) in [5.41, 5.74) is 7.44. The van der Waals surface area contributed by atoms with Crippen LogP contribution in [0.5, 0.6) is 0 Å². The highest BCUT2D eigenvalue weighted by molar-refractivity contribution is 7.09. The number of carbonyl (C=O) groups excluding carboxylic acids is 3. The topological polar surface area (TPSA) is 127 Å². The molecule has 3 aliphatic rings. The Morgan fingerprint density at radius 1 is 1.07 bits per heavy atom. The first-order chi connectivity index (χ1) is 21.7. The quantitative estimate of drug-likeness (QED) is 0.345. The van der Waals surface area contributed by atoms with Crippen LogP contribution in [0.3, 0.4) is 0 Å². The van der Waals surface area contributed by atoms with Crippen molar-refractivity contribution in [2.24, 2.45) is 22.1 Å². The number of thiazole rings is 1. The normalized spacial score (nSPS) is 21.6. The Balaban J connectivity index is 1.49. The number of methoxy groups -OCH3 is 2. The number of nitrogens with two attached hydrogens (primary N) is 1. The van der Waals surface area contributed by atoms with Gasteiger partial charge in [0.1, 0.15) is 5.92 Å². The monoisotopic (exact) mass is 675 g/mol. The van der Waals surface area contributed by atoms with E-state index in [-0.39, 0.29) is 39.1 Å². The average molecular weight is 677 g/mol. The van der Waals surface area contributed by atoms with E-state index in [4.69, 9.17) is 43.4 Å². The Morgan fingerprint density at radius 2 is 1.78 bits per heavy atom. The summed E-state index contributed by atoms with van der Waals surface area (Å²) in [7, 11) is 2.54. The van der Waals surface area contributed by atoms with Gasteiger partial charge in [0.2, 0.25) is 5.91 Å². The Bertz CT molecular complexity index is 1440. The van der Waals surface area contributed by atoms with Crippen LogP contribution in [-0.4, -0.2) is 91.8 Å². The van der Waals surface area contributed by atoms with Crippen molar-refractivity contribution in [2.45, 2.75) is 44.4 Å². The fourth-order valence-electron chi connectivity index (χ4n) is 6.66. The minimum Gasteiger partial charge on any atom is -0.468 e. The van der Waals surface area contributed by atoms with E-state index in [0.29, 0.717) is 43.8 Å². The SMILES string of the molecule is COC(=O)C1=C(CC(=O)N2CCN(CC3(CN)CCC3)CC2)N=C(CCc2nccs2)C(C(=O)OC)C1c1c(Cl)cccc1Cl. The molecule has 2 aromatic rings. The fraction of sp³-hybridized carbons (Fsp3) is 0.531. The standard InChI is InChI=1S/C32H39Cl2N5O5S/c1-43-30(41)27-22(7-8-24-36-11-16-45-24)37-23(28(31(42)44-2)29(27)26-20(33)5-3-6-21(26)34)17-25(40)39-14-12-38(13-15-39)19-32(18-35)9-4-10-32/h3,5-6,11,16,27,29H,4,7-10,12-15,17-19,35H2,1-2H3. The number of ether oxygens (including phenoxy) is 2. The van der Waals surface area contributed by atoms with E-state index in [1.54, 1.807) is 24.4 Å². The Kier molecular flexibility index (Phi) is 11.0. The number of aryl methyl sites for hydroxylation is 1. The molecule has 242 valence electrons. The molecule has 1 aromatic carbocycles. The maximum Gasteiger partial charge on any atom is 0.336 e. The number of benzene rings is 1. The van der Waals surface area contributed by atoms with E-state index in [2.05, 4.69) is 9.88 Å². The van der Waals surface area contributed by atoms with E-state index in [0.717, 1.165) is 37.5 Å². The molecule has 2 N–H and O–H groups in total. The lowest BCUT2D eigenvalue weighted by atomic mass is 9.68. The number of amides is 1. The van der Waals surface area contributed by atoms with Gasteiger partial charge in [-0.15, -0.1) is 11.3 Å². The summed E-state index contributed by atoms with van der Waals surface area (Å²) in [5, 5.41) is 3.29. The molecule has 1 aromatic heterocycles. The van der Waals surface area contributed by atoms with Crippen LogP contribution < -0.4 is 5.73 Å². The van der Waals surface area contributed by atoms with Crippen LogP contribution in [0.1, 0.15) is 48.6 Å². The summed E-state index contributed by atoms with van der Waals surface area (Å²) in [6.07, 6.45) is 5.95. The zero-order chi connectivity index (χ0) is 32.1. The number of nitrogens with zero attached hydrogens (tertiary/aromatic N) is 4. The van der Waals surface area contributed by atoms with Gasteiger partial charge < -0.3 is 20.1 Å². The van der Waals surface area contributed by atoms with Gasteiger partial charge in [-0.05, 0) is 48.9 Å². The molecular formula is C32H39Cl2N5O5S. The van der Waals surface area contributed by atoms with E-state index < -0.39 is 23.8 Å². The molecule has 5 rings (SSSR count). The second kappa shape index (κ2) is 14.7. The number of aliphatic imine (C=N–C) groups is 1. The molecule has 10 nitrogen and oxygen atoms in total. The first-order valence-electron chi connectivity index (χ1n) is 15.2. The van der Waals surface area contributed by atoms with Gasteiger partial charge in [-0.2, -0.15) is 0 Å². The molecule has 0 spiro atoms. The maximum atomic E-state index is 13.8. The van der Waals surface area contributed by atoms with Crippen molar-refractivity contribution in [1.82, 2.24) is 14.8 Å². The molecule has 45 heavy (non-hydrogen) atoms. The second-order valence-electron chi connectivity index (χ2n) is 11.9. The van der Waals surface area contributed by atoms with Crippen molar-refractivity contribution in [3.63, 3.8) is 0 Å². The molecule has 0 bridgehead atoms. The van der Waals surface area contributed by atoms with Crippen LogP contribution in [0.15, 0.2) is 46.0 Å². The summed E-state index contributed by atoms with van der Waals surface area (Å²) in [6, 6.07) is 4.99. The van der Waals surface area contributed by atoms with Gasteiger partial charge in [-0.25, -0.2) is 9.78 Å². The summed E-state index contributed by atoms with van der Waals surface area (Å²) in [4.78, 5) is 54.3. The van der Waals surface area contributed by atoms with Crippen LogP contribution in [-0.2, 0) is 30.3 Å². The first kappa shape index (κ1) is 33.5. The number of carbonyl (C=O) groups is 3. The van der Waals surface area contributed by atoms with Gasteiger partial charge in [-0.1, -0.05) is 35.7 Å². The molecule has 1 saturated carbocycles. The number of hydrogen-bond acceptors (Lipinski definition) is 10. The molecule has 3 heterocycles. The molecule has 1 saturated heterocycles. The lowest BCUT2D eigenvalue weighted by molar-refractivity contribution is -0.143. The molecular weight excluding hydrogens is 637 g/mol. The van der Waals surface area contributed by atoms with Crippen LogP contribution in [0.2, 0.25) is 10.0 Å². The third-order valence-electron chi connectivity index (χ3n) is 9.29. The van der Waals surface area contributed by atoms with Crippen molar-refractivity contribution >= 4 is 58.1 Å². The molecule has 2 aliphatic heterocycles. The lowest BCUT2D eigenvalue weighted by Crippen LogP contribution is -2.54. The van der Waals surface area contributed by atoms with Crippen molar-refractivity contribution in [1.29, 1.82) is 0 Å². The summed E-state index contributed by atoms with van der Waals surface area (Å²) < 4.78 is 10.5. The molecule has 1 amide bonds. The predicted molar refractivity (Wildman–Crippen MR) is 175 cm³/mol. The lowest BCUT2D eigenvalue weighted by Gasteiger charge is -2.46. The first-order valence-corrected chi connectivity index (χ1v) is 16.8. The van der Waals surface area contributed by atoms with Gasteiger partial charge >= 0.3 is 11.9 Å². The van der Waals surface area contributed by atoms with Gasteiger partial charge in [0, 0.05) is 72.4 Å². The predicted octanol–water partition coefficient (Wildman–Crippen LogP) is 4.50. The molecule has 0 radical (unpaired) electrons. The minimum atomic E-state index is -1.02. The minimum absolute atomic E-state index is 0.0720. The van der Waals surface area contributed by atoms with Gasteiger partial charge in [-0.3, -0.25) is 19.5 Å². The Labute approximate surface area is 277 Å². The van der Waals surface area contributed by atoms with Crippen molar-refractivity contribution in [2.75, 3.05) is 53.5 Å². The Hall–Kier alpha value is -2.83. The van der Waals surface area contributed by atoms with Crippen LogP contribution in [0.25, 0.3) is 0 Å². The zero-order valence-corrected chi connectivity index (χ0v) is 27.9. The number of piperazine rings is 1. The van der Waals surface area contributed by atoms with Gasteiger partial charge in [0.25, 0.3) is 0 Å². The zero-order valence-electron chi connectivity index (χ0n) is 25.6. The highest BCUT2D eigenvalue weighted by Crippen LogP contribution is 2.47. The van der Waals surface area contributed by atoms with Crippen LogP contribution >= 0.6 is 34.5 Å². The average Bonchev–Trinajstić information content (AvgIpc) is 3.55. The third-order valence-corrected chi connectivity index (χ3v) is 10.8. The second-order valence-corrected chi connectivity index (χ2v) is 13.7. The third kappa shape index (κ3) is 7.28. The Morgan fingerprint density at radius 3 is 2.33 bits per heavy atom. The summed E-state index contributed by atoms with van der Waals surface area (Å²) in [5.74, 6) is -3.48. The van der Waals surface area contributed by atoms with Gasteiger partial charge in [0.15, 0.2) is 0 Å². The summed E-state index contributed by atoms with van der Waals surface area (Å²) in [6.45, 7) is 4.26. The van der Waals surface area contributed by atoms with E-state index >= 15 is 0 Å². The van der Waals surface area contributed by atoms with Crippen LogP contribution in [0.4, 0.5) is 0 Å². The highest BCUT2D eigenvalue weighted by atomic mass is 35.5. The largest absolute Gasteiger partial charge is 0.468 e. The molecule has 2 atom stereocenters. The number of aromatic nitrogens is 1. The van der Waals surface area contributed by atoms with Crippen molar-refractivity contribution in [3.05, 3.63) is 61.7 Å². The molecule has 13 heteroatoms. The van der Waals surface area contributed by atoms with E-state index in [9.17, 15) is 14.4 Å². The summed E-state index contributed by atoms with van der Waals surface area (Å²) >= 11 is 14.9. The van der Waals surface area contributed by atoms with Gasteiger partial charge in [0.05, 0.1) is 36.9 Å². The molecule has 1 aliphatic carbocycles. The number of esters is 2. The van der Waals surface area contributed by atoms with Crippen LogP contribution in [0, 0.1) is 11.3 Å². The van der Waals surface area contributed by atoms with E-state index in [1.165, 1.54) is 32.0 Å². The van der Waals surface area contributed by atoms with Crippen molar-refractivity contribution < 1.29 is 23.9 Å². The fourth-order valence-corrected chi connectivity index (χ4v) is 7.91. The van der Waals surface area contributed by atoms with Crippen molar-refractivity contribution in [3.8, 4) is 0 Å². The number of rotatable bonds is 11. The number of halogens is 2. The number of hydrogen-bond donors (Lipinski definition) is 1. The molecule has 2 fully saturated rings. The smallest absolute Gasteiger partial charge is 0.336 e. The highest BCUT2D eigenvalue weighted by Gasteiger charge is 2.46. The maximum absolute atomic E-state index is 13.8. The van der Waals surface area contributed by atoms with E-state index in [1.807, 2.05) is 10.3 Å².